The molecule has 2 amide bonds. The minimum atomic E-state index is -3.80. The highest BCUT2D eigenvalue weighted by atomic mass is 35.5. The first-order chi connectivity index (χ1) is 19.1. The van der Waals surface area contributed by atoms with Gasteiger partial charge in [0, 0.05) is 24.0 Å². The fraction of sp³-hybridized carbons (Fsp3) is 0.355. The van der Waals surface area contributed by atoms with Gasteiger partial charge in [0.15, 0.2) is 0 Å². The summed E-state index contributed by atoms with van der Waals surface area (Å²) in [4.78, 5) is 29.4. The Morgan fingerprint density at radius 3 is 2.23 bits per heavy atom. The Balaban J connectivity index is 1.72. The normalized spacial score (nSPS) is 14.5. The lowest BCUT2D eigenvalue weighted by atomic mass is 10.0. The van der Waals surface area contributed by atoms with Crippen molar-refractivity contribution in [3.8, 4) is 0 Å². The molecule has 0 heterocycles. The van der Waals surface area contributed by atoms with Crippen molar-refractivity contribution in [2.45, 2.75) is 57.7 Å². The number of carbonyl (C=O) groups excluding carboxylic acids is 2. The molecule has 3 aromatic rings. The second kappa shape index (κ2) is 13.3. The van der Waals surface area contributed by atoms with Gasteiger partial charge in [-0.3, -0.25) is 13.9 Å². The van der Waals surface area contributed by atoms with Crippen LogP contribution in [0.2, 0.25) is 5.02 Å². The predicted molar refractivity (Wildman–Crippen MR) is 160 cm³/mol. The Hall–Kier alpha value is -3.36. The van der Waals surface area contributed by atoms with Crippen LogP contribution in [0, 0.1) is 6.92 Å². The van der Waals surface area contributed by atoms with E-state index in [2.05, 4.69) is 5.32 Å². The second-order valence-corrected chi connectivity index (χ2v) is 12.8. The molecule has 0 bridgehead atoms. The maximum Gasteiger partial charge on any atom is 0.244 e. The maximum atomic E-state index is 14.1. The van der Waals surface area contributed by atoms with Crippen LogP contribution in [0.25, 0.3) is 0 Å². The van der Waals surface area contributed by atoms with E-state index >= 15 is 0 Å². The van der Waals surface area contributed by atoms with Crippen LogP contribution in [0.5, 0.6) is 0 Å². The summed E-state index contributed by atoms with van der Waals surface area (Å²) in [6.45, 7) is 1.56. The van der Waals surface area contributed by atoms with Crippen LogP contribution in [0.1, 0.15) is 42.4 Å². The molecule has 0 saturated heterocycles. The minimum absolute atomic E-state index is 0.0639. The summed E-state index contributed by atoms with van der Waals surface area (Å²) >= 11 is 6.26. The van der Waals surface area contributed by atoms with Crippen LogP contribution in [0.4, 0.5) is 5.69 Å². The monoisotopic (exact) mass is 581 g/mol. The molecular weight excluding hydrogens is 546 g/mol. The first kappa shape index (κ1) is 29.6. The highest BCUT2D eigenvalue weighted by molar-refractivity contribution is 7.92. The third kappa shape index (κ3) is 8.08. The molecular formula is C31H36ClN3O4S. The van der Waals surface area contributed by atoms with Crippen molar-refractivity contribution in [1.82, 2.24) is 10.2 Å². The van der Waals surface area contributed by atoms with Gasteiger partial charge >= 0.3 is 0 Å². The molecule has 212 valence electrons. The highest BCUT2D eigenvalue weighted by Gasteiger charge is 2.34. The van der Waals surface area contributed by atoms with Crippen LogP contribution in [0.3, 0.4) is 0 Å². The van der Waals surface area contributed by atoms with E-state index in [0.29, 0.717) is 10.7 Å². The molecule has 0 radical (unpaired) electrons. The number of nitrogens with zero attached hydrogens (tertiary/aromatic N) is 2. The molecule has 1 saturated carbocycles. The van der Waals surface area contributed by atoms with Gasteiger partial charge in [0.2, 0.25) is 21.8 Å². The Bertz CT molecular complexity index is 1410. The number of rotatable bonds is 11. The van der Waals surface area contributed by atoms with Gasteiger partial charge in [0.25, 0.3) is 0 Å². The molecule has 0 spiro atoms. The van der Waals surface area contributed by atoms with Crippen LogP contribution < -0.4 is 9.62 Å². The lowest BCUT2D eigenvalue weighted by Gasteiger charge is -2.34. The van der Waals surface area contributed by atoms with Gasteiger partial charge in [-0.2, -0.15) is 0 Å². The van der Waals surface area contributed by atoms with E-state index in [-0.39, 0.29) is 24.9 Å². The molecule has 3 aromatic carbocycles. The number of aryl methyl sites for hydroxylation is 1. The summed E-state index contributed by atoms with van der Waals surface area (Å²) in [7, 11) is -3.80. The summed E-state index contributed by atoms with van der Waals surface area (Å²) in [6, 6.07) is 22.8. The fourth-order valence-electron chi connectivity index (χ4n) is 5.08. The molecule has 7 nitrogen and oxygen atoms in total. The standard InChI is InChI=1S/C31H36ClN3O4S/c1-23-15-17-28(18-16-23)35(40(2,38)39)22-30(36)34(21-25-11-8-12-26(32)19-25)29(20-24-9-4-3-5-10-24)31(37)33-27-13-6-7-14-27/h3-5,8-12,15-19,27,29H,6-7,13-14,20-22H2,1-2H3,(H,33,37). The Labute approximate surface area is 242 Å². The SMILES string of the molecule is Cc1ccc(N(CC(=O)N(Cc2cccc(Cl)c2)C(Cc2ccccc2)C(=O)NC2CCCC2)S(C)(=O)=O)cc1. The number of anilines is 1. The summed E-state index contributed by atoms with van der Waals surface area (Å²) in [6.07, 6.45) is 5.28. The molecule has 0 aromatic heterocycles. The molecule has 40 heavy (non-hydrogen) atoms. The molecule has 1 fully saturated rings. The number of hydrogen-bond donors (Lipinski definition) is 1. The van der Waals surface area contributed by atoms with Crippen LogP contribution in [0.15, 0.2) is 78.9 Å². The third-order valence-corrected chi connectivity index (χ3v) is 8.59. The van der Waals surface area contributed by atoms with Crippen molar-refractivity contribution in [2.24, 2.45) is 0 Å². The van der Waals surface area contributed by atoms with Crippen molar-refractivity contribution in [2.75, 3.05) is 17.1 Å². The molecule has 1 aliphatic rings. The molecule has 1 N–H and O–H groups in total. The Morgan fingerprint density at radius 1 is 0.950 bits per heavy atom. The summed E-state index contributed by atoms with van der Waals surface area (Å²) < 4.78 is 26.8. The summed E-state index contributed by atoms with van der Waals surface area (Å²) in [5.41, 5.74) is 3.00. The fourth-order valence-corrected chi connectivity index (χ4v) is 6.14. The van der Waals surface area contributed by atoms with Crippen molar-refractivity contribution >= 4 is 39.1 Å². The maximum absolute atomic E-state index is 14.1. The predicted octanol–water partition coefficient (Wildman–Crippen LogP) is 5.11. The number of benzene rings is 3. The van der Waals surface area contributed by atoms with E-state index in [1.807, 2.05) is 43.3 Å². The van der Waals surface area contributed by atoms with Crippen molar-refractivity contribution in [1.29, 1.82) is 0 Å². The van der Waals surface area contributed by atoms with Gasteiger partial charge in [-0.25, -0.2) is 8.42 Å². The minimum Gasteiger partial charge on any atom is -0.352 e. The average Bonchev–Trinajstić information content (AvgIpc) is 3.43. The zero-order valence-electron chi connectivity index (χ0n) is 22.9. The van der Waals surface area contributed by atoms with Gasteiger partial charge in [-0.1, -0.05) is 84.6 Å². The van der Waals surface area contributed by atoms with E-state index < -0.39 is 28.5 Å². The molecule has 1 aliphatic carbocycles. The van der Waals surface area contributed by atoms with Crippen LogP contribution in [-0.2, 0) is 32.6 Å². The van der Waals surface area contributed by atoms with Gasteiger partial charge in [0.1, 0.15) is 12.6 Å². The zero-order chi connectivity index (χ0) is 28.7. The first-order valence-corrected chi connectivity index (χ1v) is 15.8. The van der Waals surface area contributed by atoms with Crippen LogP contribution >= 0.6 is 11.6 Å². The van der Waals surface area contributed by atoms with E-state index in [1.165, 1.54) is 4.90 Å². The van der Waals surface area contributed by atoms with Gasteiger partial charge in [-0.15, -0.1) is 0 Å². The number of sulfonamides is 1. The lowest BCUT2D eigenvalue weighted by molar-refractivity contribution is -0.140. The highest BCUT2D eigenvalue weighted by Crippen LogP contribution is 2.23. The summed E-state index contributed by atoms with van der Waals surface area (Å²) in [5.74, 6) is -0.721. The van der Waals surface area contributed by atoms with E-state index in [9.17, 15) is 18.0 Å². The largest absolute Gasteiger partial charge is 0.352 e. The molecule has 0 aliphatic heterocycles. The van der Waals surface area contributed by atoms with E-state index in [1.54, 1.807) is 42.5 Å². The van der Waals surface area contributed by atoms with E-state index in [0.717, 1.165) is 52.9 Å². The van der Waals surface area contributed by atoms with Gasteiger partial charge in [0.05, 0.1) is 11.9 Å². The topological polar surface area (TPSA) is 86.8 Å². The van der Waals surface area contributed by atoms with Crippen molar-refractivity contribution in [3.63, 3.8) is 0 Å². The molecule has 1 atom stereocenters. The van der Waals surface area contributed by atoms with Crippen LogP contribution in [-0.4, -0.2) is 50.0 Å². The van der Waals surface area contributed by atoms with Gasteiger partial charge < -0.3 is 10.2 Å². The van der Waals surface area contributed by atoms with Crippen molar-refractivity contribution in [3.05, 3.63) is 101 Å². The second-order valence-electron chi connectivity index (χ2n) is 10.5. The third-order valence-electron chi connectivity index (χ3n) is 7.22. The van der Waals surface area contributed by atoms with Crippen molar-refractivity contribution < 1.29 is 18.0 Å². The lowest BCUT2D eigenvalue weighted by Crippen LogP contribution is -2.54. The Morgan fingerprint density at radius 2 is 1.60 bits per heavy atom. The zero-order valence-corrected chi connectivity index (χ0v) is 24.5. The van der Waals surface area contributed by atoms with E-state index in [4.69, 9.17) is 11.6 Å². The molecule has 4 rings (SSSR count). The number of nitrogens with one attached hydrogen (secondary N) is 1. The number of carbonyl (C=O) groups is 2. The number of halogens is 1. The smallest absolute Gasteiger partial charge is 0.244 e. The average molecular weight is 582 g/mol. The summed E-state index contributed by atoms with van der Waals surface area (Å²) in [5, 5.41) is 3.67. The number of hydrogen-bond acceptors (Lipinski definition) is 4. The molecule has 1 unspecified atom stereocenters. The Kier molecular flexibility index (Phi) is 9.87. The van der Waals surface area contributed by atoms with Gasteiger partial charge in [-0.05, 0) is 55.2 Å². The quantitative estimate of drug-likeness (QED) is 0.341. The number of amides is 2. The first-order valence-electron chi connectivity index (χ1n) is 13.5. The molecule has 9 heteroatoms.